The van der Waals surface area contributed by atoms with Crippen molar-refractivity contribution in [1.29, 1.82) is 0 Å². The van der Waals surface area contributed by atoms with E-state index >= 15 is 0 Å². The lowest BCUT2D eigenvalue weighted by atomic mass is 10.1. The average molecular weight is 390 g/mol. The van der Waals surface area contributed by atoms with Crippen LogP contribution in [-0.4, -0.2) is 52.0 Å². The zero-order valence-electron chi connectivity index (χ0n) is 16.4. The summed E-state index contributed by atoms with van der Waals surface area (Å²) in [7, 11) is -3.42. The van der Waals surface area contributed by atoms with Crippen LogP contribution in [0.2, 0.25) is 0 Å². The molecule has 0 atom stereocenters. The van der Waals surface area contributed by atoms with E-state index in [1.807, 2.05) is 19.9 Å². The van der Waals surface area contributed by atoms with Gasteiger partial charge in [0.1, 0.15) is 24.2 Å². The summed E-state index contributed by atoms with van der Waals surface area (Å²) in [6, 6.07) is 12.0. The van der Waals surface area contributed by atoms with Gasteiger partial charge in [-0.05, 0) is 24.6 Å². The first-order valence-electron chi connectivity index (χ1n) is 9.54. The Morgan fingerprint density at radius 3 is 2.15 bits per heavy atom. The van der Waals surface area contributed by atoms with Gasteiger partial charge in [0.25, 0.3) is 5.82 Å². The van der Waals surface area contributed by atoms with E-state index in [4.69, 9.17) is 0 Å². The van der Waals surface area contributed by atoms with E-state index < -0.39 is 10.0 Å². The standard InChI is InChI=1S/C20H28N4O2S/c1-4-24(5-2)27(25,26)18-10-11-20(21-16-18)23-14-12-22(13-15-23)19-9-7-6-8-17(19)3/h6-11,16H,4-5,12-15H2,1-3H3/p+1. The van der Waals surface area contributed by atoms with E-state index in [9.17, 15) is 8.42 Å². The van der Waals surface area contributed by atoms with Crippen molar-refractivity contribution in [3.05, 3.63) is 48.2 Å². The molecular weight excluding hydrogens is 360 g/mol. The molecule has 1 fully saturated rings. The SMILES string of the molecule is CCN(CC)S(=O)(=O)c1ccc(N2CCN(c3ccccc3C)CC2)[nH+]c1. The van der Waals surface area contributed by atoms with Crippen molar-refractivity contribution in [3.8, 4) is 0 Å². The smallest absolute Gasteiger partial charge is 0.274 e. The van der Waals surface area contributed by atoms with Crippen LogP contribution in [-0.2, 0) is 10.0 Å². The number of pyridine rings is 1. The van der Waals surface area contributed by atoms with Gasteiger partial charge in [0, 0.05) is 24.8 Å². The van der Waals surface area contributed by atoms with Gasteiger partial charge in [-0.3, -0.25) is 4.90 Å². The number of benzene rings is 1. The number of H-pyrrole nitrogens is 1. The number of nitrogens with zero attached hydrogens (tertiary/aromatic N) is 3. The molecule has 27 heavy (non-hydrogen) atoms. The second kappa shape index (κ2) is 8.27. The summed E-state index contributed by atoms with van der Waals surface area (Å²) in [5.74, 6) is 0.956. The second-order valence-corrected chi connectivity index (χ2v) is 8.70. The molecule has 1 N–H and O–H groups in total. The van der Waals surface area contributed by atoms with Crippen molar-refractivity contribution in [2.75, 3.05) is 49.1 Å². The molecule has 0 radical (unpaired) electrons. The number of aryl methyl sites for hydroxylation is 1. The van der Waals surface area contributed by atoms with Gasteiger partial charge in [-0.25, -0.2) is 13.4 Å². The number of hydrogen-bond acceptors (Lipinski definition) is 4. The maximum absolute atomic E-state index is 12.6. The highest BCUT2D eigenvalue weighted by molar-refractivity contribution is 7.89. The molecule has 1 saturated heterocycles. The molecule has 0 aliphatic carbocycles. The molecule has 2 heterocycles. The molecule has 0 spiro atoms. The summed E-state index contributed by atoms with van der Waals surface area (Å²) in [4.78, 5) is 8.17. The quantitative estimate of drug-likeness (QED) is 0.760. The van der Waals surface area contributed by atoms with Crippen molar-refractivity contribution in [2.45, 2.75) is 25.7 Å². The molecule has 6 nitrogen and oxygen atoms in total. The number of aromatic amines is 1. The minimum Gasteiger partial charge on any atom is -0.363 e. The van der Waals surface area contributed by atoms with Crippen molar-refractivity contribution >= 4 is 21.5 Å². The average Bonchev–Trinajstić information content (AvgIpc) is 2.69. The van der Waals surface area contributed by atoms with E-state index in [2.05, 4.69) is 46.0 Å². The molecule has 1 aromatic carbocycles. The van der Waals surface area contributed by atoms with Crippen molar-refractivity contribution in [2.24, 2.45) is 0 Å². The number of sulfonamides is 1. The largest absolute Gasteiger partial charge is 0.363 e. The van der Waals surface area contributed by atoms with Gasteiger partial charge in [0.05, 0.1) is 13.1 Å². The third-order valence-corrected chi connectivity index (χ3v) is 7.23. The molecule has 3 rings (SSSR count). The van der Waals surface area contributed by atoms with Gasteiger partial charge in [-0.1, -0.05) is 32.0 Å². The predicted octanol–water partition coefficient (Wildman–Crippen LogP) is 2.17. The van der Waals surface area contributed by atoms with Crippen LogP contribution in [0.1, 0.15) is 19.4 Å². The highest BCUT2D eigenvalue weighted by atomic mass is 32.2. The Labute approximate surface area is 162 Å². The predicted molar refractivity (Wildman–Crippen MR) is 109 cm³/mol. The van der Waals surface area contributed by atoms with Crippen molar-refractivity contribution in [3.63, 3.8) is 0 Å². The van der Waals surface area contributed by atoms with Gasteiger partial charge in [-0.15, -0.1) is 0 Å². The lowest BCUT2D eigenvalue weighted by Crippen LogP contribution is -2.48. The molecule has 146 valence electrons. The molecule has 1 aromatic heterocycles. The summed E-state index contributed by atoms with van der Waals surface area (Å²) in [6.07, 6.45) is 1.61. The van der Waals surface area contributed by atoms with Gasteiger partial charge in [-0.2, -0.15) is 4.31 Å². The molecule has 0 saturated carbocycles. The monoisotopic (exact) mass is 389 g/mol. The third-order valence-electron chi connectivity index (χ3n) is 5.19. The van der Waals surface area contributed by atoms with Crippen LogP contribution >= 0.6 is 0 Å². The topological polar surface area (TPSA) is 58.0 Å². The fourth-order valence-corrected chi connectivity index (χ4v) is 5.00. The van der Waals surface area contributed by atoms with Gasteiger partial charge in [0.15, 0.2) is 0 Å². The van der Waals surface area contributed by atoms with Crippen LogP contribution in [0.25, 0.3) is 0 Å². The summed E-state index contributed by atoms with van der Waals surface area (Å²) < 4.78 is 26.7. The Balaban J connectivity index is 1.68. The lowest BCUT2D eigenvalue weighted by Gasteiger charge is -2.33. The Bertz CT molecular complexity index is 856. The Hall–Kier alpha value is -2.12. The van der Waals surface area contributed by atoms with E-state index in [1.165, 1.54) is 15.6 Å². The Kier molecular flexibility index (Phi) is 6.01. The highest BCUT2D eigenvalue weighted by Gasteiger charge is 2.26. The van der Waals surface area contributed by atoms with Crippen LogP contribution in [0.15, 0.2) is 47.5 Å². The summed E-state index contributed by atoms with van der Waals surface area (Å²) in [6.45, 7) is 10.5. The van der Waals surface area contributed by atoms with Gasteiger partial charge < -0.3 is 4.90 Å². The number of hydrogen-bond donors (Lipinski definition) is 0. The Morgan fingerprint density at radius 2 is 1.59 bits per heavy atom. The first-order chi connectivity index (χ1) is 13.0. The minimum absolute atomic E-state index is 0.313. The maximum atomic E-state index is 12.6. The van der Waals surface area contributed by atoms with Gasteiger partial charge in [0.2, 0.25) is 10.0 Å². The molecule has 0 amide bonds. The summed E-state index contributed by atoms with van der Waals surface area (Å²) >= 11 is 0. The van der Waals surface area contributed by atoms with E-state index in [0.717, 1.165) is 32.0 Å². The fraction of sp³-hybridized carbons (Fsp3) is 0.450. The van der Waals surface area contributed by atoms with Crippen LogP contribution in [0.5, 0.6) is 0 Å². The van der Waals surface area contributed by atoms with E-state index in [1.54, 1.807) is 12.3 Å². The second-order valence-electron chi connectivity index (χ2n) is 6.76. The minimum atomic E-state index is -3.42. The number of piperazine rings is 1. The number of rotatable bonds is 6. The Morgan fingerprint density at radius 1 is 0.963 bits per heavy atom. The fourth-order valence-electron chi connectivity index (χ4n) is 3.58. The van der Waals surface area contributed by atoms with E-state index in [0.29, 0.717) is 18.0 Å². The molecular formula is C20H29N4O2S+. The van der Waals surface area contributed by atoms with Gasteiger partial charge >= 0.3 is 0 Å². The van der Waals surface area contributed by atoms with Crippen molar-refractivity contribution < 1.29 is 13.4 Å². The molecule has 1 aliphatic rings. The van der Waals surface area contributed by atoms with Crippen LogP contribution < -0.4 is 14.8 Å². The van der Waals surface area contributed by atoms with E-state index in [-0.39, 0.29) is 0 Å². The van der Waals surface area contributed by atoms with Crippen molar-refractivity contribution in [1.82, 2.24) is 4.31 Å². The molecule has 7 heteroatoms. The maximum Gasteiger partial charge on any atom is 0.274 e. The van der Waals surface area contributed by atoms with Crippen LogP contribution in [0, 0.1) is 6.92 Å². The first kappa shape index (κ1) is 19.6. The summed E-state index contributed by atoms with van der Waals surface area (Å²) in [5.41, 5.74) is 2.59. The zero-order valence-corrected chi connectivity index (χ0v) is 17.2. The number of para-hydroxylation sites is 1. The normalized spacial score (nSPS) is 15.4. The number of nitrogens with one attached hydrogen (secondary N) is 1. The molecule has 0 unspecified atom stereocenters. The molecule has 0 bridgehead atoms. The van der Waals surface area contributed by atoms with Crippen LogP contribution in [0.4, 0.5) is 11.5 Å². The number of aromatic nitrogens is 1. The third kappa shape index (κ3) is 4.09. The first-order valence-corrected chi connectivity index (χ1v) is 11.0. The zero-order chi connectivity index (χ0) is 19.4. The highest BCUT2D eigenvalue weighted by Crippen LogP contribution is 2.22. The lowest BCUT2D eigenvalue weighted by molar-refractivity contribution is -0.367. The molecule has 1 aliphatic heterocycles. The molecule has 2 aromatic rings. The van der Waals surface area contributed by atoms with Crippen LogP contribution in [0.3, 0.4) is 0 Å². The number of anilines is 2. The summed E-state index contributed by atoms with van der Waals surface area (Å²) in [5, 5.41) is 0.